The fourth-order valence-corrected chi connectivity index (χ4v) is 2.39. The average molecular weight is 307 g/mol. The average Bonchev–Trinajstić information content (AvgIpc) is 2.46. The highest BCUT2D eigenvalue weighted by Crippen LogP contribution is 2.37. The molecular weight excluding hydrogens is 291 g/mol. The molecule has 1 unspecified atom stereocenters. The Bertz CT molecular complexity index is 650. The molecule has 0 heterocycles. The summed E-state index contributed by atoms with van der Waals surface area (Å²) in [4.78, 5) is 11.6. The van der Waals surface area contributed by atoms with Gasteiger partial charge in [-0.3, -0.25) is 4.79 Å². The lowest BCUT2D eigenvalue weighted by Gasteiger charge is -2.27. The van der Waals surface area contributed by atoms with Crippen molar-refractivity contribution in [3.63, 3.8) is 0 Å². The minimum Gasteiger partial charge on any atom is -0.369 e. The van der Waals surface area contributed by atoms with Gasteiger partial charge in [0.1, 0.15) is 0 Å². The van der Waals surface area contributed by atoms with Crippen LogP contribution in [0.1, 0.15) is 18.9 Å². The minimum atomic E-state index is -4.47. The van der Waals surface area contributed by atoms with Gasteiger partial charge in [-0.05, 0) is 23.6 Å². The highest BCUT2D eigenvalue weighted by Gasteiger charge is 2.44. The Kier molecular flexibility index (Phi) is 4.26. The van der Waals surface area contributed by atoms with E-state index >= 15 is 0 Å². The molecule has 0 aliphatic heterocycles. The lowest BCUT2D eigenvalue weighted by Crippen LogP contribution is -2.42. The van der Waals surface area contributed by atoms with E-state index in [-0.39, 0.29) is 5.56 Å². The van der Waals surface area contributed by atoms with Gasteiger partial charge in [-0.1, -0.05) is 54.6 Å². The van der Waals surface area contributed by atoms with E-state index in [4.69, 9.17) is 5.73 Å². The van der Waals surface area contributed by atoms with Crippen molar-refractivity contribution in [1.29, 1.82) is 0 Å². The topological polar surface area (TPSA) is 43.1 Å². The lowest BCUT2D eigenvalue weighted by atomic mass is 9.78. The molecule has 2 nitrogen and oxygen atoms in total. The van der Waals surface area contributed by atoms with E-state index in [1.165, 1.54) is 19.1 Å². The van der Waals surface area contributed by atoms with Gasteiger partial charge in [0, 0.05) is 0 Å². The van der Waals surface area contributed by atoms with Gasteiger partial charge in [-0.25, -0.2) is 0 Å². The van der Waals surface area contributed by atoms with E-state index in [0.29, 0.717) is 0 Å². The SMILES string of the molecule is CC(CC(F)(F)F)(C(N)=O)c1ccc(-c2ccccc2)cc1. The fraction of sp³-hybridized carbons (Fsp3) is 0.235. The van der Waals surface area contributed by atoms with Crippen molar-refractivity contribution in [3.05, 3.63) is 60.2 Å². The van der Waals surface area contributed by atoms with Gasteiger partial charge in [0.05, 0.1) is 11.8 Å². The minimum absolute atomic E-state index is 0.261. The van der Waals surface area contributed by atoms with Gasteiger partial charge < -0.3 is 5.73 Å². The molecule has 2 N–H and O–H groups in total. The number of halogens is 3. The molecule has 22 heavy (non-hydrogen) atoms. The number of carbonyl (C=O) groups excluding carboxylic acids is 1. The molecule has 2 aromatic carbocycles. The van der Waals surface area contributed by atoms with Gasteiger partial charge >= 0.3 is 6.18 Å². The summed E-state index contributed by atoms with van der Waals surface area (Å²) in [5.74, 6) is -0.989. The Morgan fingerprint density at radius 1 is 0.955 bits per heavy atom. The second kappa shape index (κ2) is 5.83. The predicted molar refractivity (Wildman–Crippen MR) is 79.1 cm³/mol. The maximum absolute atomic E-state index is 12.7. The second-order valence-electron chi connectivity index (χ2n) is 5.43. The maximum atomic E-state index is 12.7. The number of hydrogen-bond acceptors (Lipinski definition) is 1. The summed E-state index contributed by atoms with van der Waals surface area (Å²) >= 11 is 0. The van der Waals surface area contributed by atoms with Crippen LogP contribution in [0.15, 0.2) is 54.6 Å². The zero-order valence-electron chi connectivity index (χ0n) is 12.0. The van der Waals surface area contributed by atoms with Crippen LogP contribution in [0.2, 0.25) is 0 Å². The summed E-state index contributed by atoms with van der Waals surface area (Å²) < 4.78 is 38.2. The van der Waals surface area contributed by atoms with Crippen molar-refractivity contribution in [2.75, 3.05) is 0 Å². The van der Waals surface area contributed by atoms with Crippen LogP contribution in [-0.2, 0) is 10.2 Å². The summed E-state index contributed by atoms with van der Waals surface area (Å²) in [6, 6.07) is 15.9. The molecule has 0 aliphatic carbocycles. The molecule has 0 aliphatic rings. The highest BCUT2D eigenvalue weighted by molar-refractivity contribution is 5.86. The fourth-order valence-electron chi connectivity index (χ4n) is 2.39. The number of hydrogen-bond donors (Lipinski definition) is 1. The first-order chi connectivity index (χ1) is 10.2. The van der Waals surface area contributed by atoms with Crippen molar-refractivity contribution >= 4 is 5.91 Å². The summed E-state index contributed by atoms with van der Waals surface area (Å²) in [6.45, 7) is 1.22. The third-order valence-corrected chi connectivity index (χ3v) is 3.73. The van der Waals surface area contributed by atoms with E-state index in [1.54, 1.807) is 12.1 Å². The molecule has 116 valence electrons. The van der Waals surface area contributed by atoms with E-state index in [2.05, 4.69) is 0 Å². The van der Waals surface area contributed by atoms with Gasteiger partial charge in [-0.15, -0.1) is 0 Å². The molecule has 0 spiro atoms. The van der Waals surface area contributed by atoms with Crippen molar-refractivity contribution in [2.45, 2.75) is 24.9 Å². The Balaban J connectivity index is 2.37. The third-order valence-electron chi connectivity index (χ3n) is 3.73. The summed E-state index contributed by atoms with van der Waals surface area (Å²) in [5.41, 5.74) is 5.52. The van der Waals surface area contributed by atoms with Crippen LogP contribution in [0.4, 0.5) is 13.2 Å². The highest BCUT2D eigenvalue weighted by atomic mass is 19.4. The molecule has 0 saturated heterocycles. The molecule has 0 bridgehead atoms. The Morgan fingerprint density at radius 2 is 1.45 bits per heavy atom. The number of carbonyl (C=O) groups is 1. The van der Waals surface area contributed by atoms with Gasteiger partial charge in [0.2, 0.25) is 5.91 Å². The standard InChI is InChI=1S/C17H16F3NO/c1-16(15(21)22,11-17(18,19)20)14-9-7-13(8-10-14)12-5-3-2-4-6-12/h2-10H,11H2,1H3,(H2,21,22). The van der Waals surface area contributed by atoms with Crippen LogP contribution in [-0.4, -0.2) is 12.1 Å². The third kappa shape index (κ3) is 3.47. The second-order valence-corrected chi connectivity index (χ2v) is 5.43. The Morgan fingerprint density at radius 3 is 1.91 bits per heavy atom. The number of amides is 1. The number of primary amides is 1. The molecule has 0 saturated carbocycles. The zero-order valence-corrected chi connectivity index (χ0v) is 12.0. The van der Waals surface area contributed by atoms with Crippen molar-refractivity contribution in [1.82, 2.24) is 0 Å². The van der Waals surface area contributed by atoms with Crippen molar-refractivity contribution in [3.8, 4) is 11.1 Å². The van der Waals surface area contributed by atoms with Crippen LogP contribution < -0.4 is 5.73 Å². The Hall–Kier alpha value is -2.30. The number of benzene rings is 2. The van der Waals surface area contributed by atoms with Crippen LogP contribution in [0, 0.1) is 0 Å². The molecular formula is C17H16F3NO. The number of nitrogens with two attached hydrogens (primary N) is 1. The van der Waals surface area contributed by atoms with E-state index in [0.717, 1.165) is 11.1 Å². The molecule has 2 rings (SSSR count). The number of rotatable bonds is 4. The molecule has 0 radical (unpaired) electrons. The quantitative estimate of drug-likeness (QED) is 0.910. The van der Waals surface area contributed by atoms with Gasteiger partial charge in [0.15, 0.2) is 0 Å². The predicted octanol–water partition coefficient (Wildman–Crippen LogP) is 4.05. The largest absolute Gasteiger partial charge is 0.390 e. The van der Waals surface area contributed by atoms with Crippen LogP contribution in [0.5, 0.6) is 0 Å². The van der Waals surface area contributed by atoms with Crippen molar-refractivity contribution in [2.24, 2.45) is 5.73 Å². The lowest BCUT2D eigenvalue weighted by molar-refractivity contribution is -0.155. The summed E-state index contributed by atoms with van der Waals surface area (Å²) in [6.07, 6.45) is -5.75. The first kappa shape index (κ1) is 16.1. The normalized spacial score (nSPS) is 14.4. The smallest absolute Gasteiger partial charge is 0.369 e. The summed E-state index contributed by atoms with van der Waals surface area (Å²) in [5, 5.41) is 0. The summed E-state index contributed by atoms with van der Waals surface area (Å²) in [7, 11) is 0. The van der Waals surface area contributed by atoms with Crippen LogP contribution in [0.25, 0.3) is 11.1 Å². The van der Waals surface area contributed by atoms with E-state index < -0.39 is 23.9 Å². The van der Waals surface area contributed by atoms with Crippen molar-refractivity contribution < 1.29 is 18.0 Å². The molecule has 0 aromatic heterocycles. The first-order valence-electron chi connectivity index (χ1n) is 6.75. The first-order valence-corrected chi connectivity index (χ1v) is 6.75. The van der Waals surface area contributed by atoms with E-state index in [9.17, 15) is 18.0 Å². The molecule has 0 fully saturated rings. The Labute approximate surface area is 126 Å². The number of alkyl halides is 3. The molecule has 5 heteroatoms. The molecule has 2 aromatic rings. The molecule has 1 atom stereocenters. The zero-order chi connectivity index (χ0) is 16.4. The van der Waals surface area contributed by atoms with Gasteiger partial charge in [-0.2, -0.15) is 13.2 Å². The van der Waals surface area contributed by atoms with E-state index in [1.807, 2.05) is 30.3 Å². The van der Waals surface area contributed by atoms with Crippen LogP contribution in [0.3, 0.4) is 0 Å². The monoisotopic (exact) mass is 307 g/mol. The van der Waals surface area contributed by atoms with Crippen LogP contribution >= 0.6 is 0 Å². The maximum Gasteiger partial charge on any atom is 0.390 e. The van der Waals surface area contributed by atoms with Gasteiger partial charge in [0.25, 0.3) is 0 Å². The molecule has 1 amide bonds.